The van der Waals surface area contributed by atoms with Crippen LogP contribution in [0, 0.1) is 0 Å². The standard InChI is InChI=1S/C22H22O14S/c1-32-10-4-2-9(3-5-10)14-7-12(25)16-11(24)6-13(26)19(20(16)33-14)35-22-21(36-37(29,30)31)18(28)17(27)15(8-23)34-22/h2-7,15,17-18,21-24,26-28H,8H2,1H3,(H,29,30,31)/t15-,17+,18-,21+,22-/m0/s1. The van der Waals surface area contributed by atoms with Crippen LogP contribution in [-0.4, -0.2) is 82.9 Å². The smallest absolute Gasteiger partial charge is 0.397 e. The molecule has 1 aliphatic heterocycles. The van der Waals surface area contributed by atoms with Crippen LogP contribution in [0.15, 0.2) is 45.6 Å². The van der Waals surface area contributed by atoms with Crippen LogP contribution in [0.3, 0.4) is 0 Å². The predicted octanol–water partition coefficient (Wildman–Crippen LogP) is -0.114. The van der Waals surface area contributed by atoms with Gasteiger partial charge < -0.3 is 44.2 Å². The van der Waals surface area contributed by atoms with Gasteiger partial charge in [-0.2, -0.15) is 8.42 Å². The molecule has 1 aromatic heterocycles. The fourth-order valence-electron chi connectivity index (χ4n) is 3.80. The van der Waals surface area contributed by atoms with Crippen LogP contribution in [0.1, 0.15) is 0 Å². The van der Waals surface area contributed by atoms with Crippen LogP contribution in [-0.2, 0) is 19.3 Å². The van der Waals surface area contributed by atoms with Gasteiger partial charge in [0.15, 0.2) is 22.9 Å². The second-order valence-electron chi connectivity index (χ2n) is 7.96. The van der Waals surface area contributed by atoms with Gasteiger partial charge >= 0.3 is 10.4 Å². The molecule has 37 heavy (non-hydrogen) atoms. The highest BCUT2D eigenvalue weighted by atomic mass is 32.3. The van der Waals surface area contributed by atoms with Crippen LogP contribution in [0.25, 0.3) is 22.3 Å². The summed E-state index contributed by atoms with van der Waals surface area (Å²) in [5.74, 6) is -1.61. The molecule has 0 unspecified atom stereocenters. The van der Waals surface area contributed by atoms with Crippen LogP contribution in [0.4, 0.5) is 0 Å². The number of aliphatic hydroxyl groups is 3. The minimum Gasteiger partial charge on any atom is -0.507 e. The Kier molecular flexibility index (Phi) is 7.29. The Hall–Kier alpha value is -3.44. The van der Waals surface area contributed by atoms with Gasteiger partial charge in [-0.25, -0.2) is 4.18 Å². The van der Waals surface area contributed by atoms with Gasteiger partial charge in [-0.05, 0) is 24.3 Å². The molecule has 3 aromatic rings. The van der Waals surface area contributed by atoms with E-state index in [0.29, 0.717) is 11.3 Å². The van der Waals surface area contributed by atoms with Crippen molar-refractivity contribution in [2.75, 3.05) is 13.7 Å². The molecule has 0 radical (unpaired) electrons. The molecule has 14 nitrogen and oxygen atoms in total. The average Bonchev–Trinajstić information content (AvgIpc) is 2.84. The van der Waals surface area contributed by atoms with E-state index in [9.17, 15) is 38.7 Å². The van der Waals surface area contributed by atoms with Gasteiger partial charge in [0.1, 0.15) is 41.0 Å². The minimum absolute atomic E-state index is 0.0195. The van der Waals surface area contributed by atoms with E-state index in [1.54, 1.807) is 24.3 Å². The Morgan fingerprint density at radius 1 is 1.03 bits per heavy atom. The molecule has 200 valence electrons. The third-order valence-electron chi connectivity index (χ3n) is 5.58. The average molecular weight is 542 g/mol. The number of phenolic OH excluding ortho intramolecular Hbond substituents is 2. The first-order valence-electron chi connectivity index (χ1n) is 10.6. The van der Waals surface area contributed by atoms with Crippen LogP contribution >= 0.6 is 0 Å². The summed E-state index contributed by atoms with van der Waals surface area (Å²) in [5.41, 5.74) is -0.839. The zero-order valence-electron chi connectivity index (χ0n) is 18.9. The lowest BCUT2D eigenvalue weighted by molar-refractivity contribution is -0.271. The number of hydrogen-bond donors (Lipinski definition) is 6. The molecule has 1 aliphatic rings. The van der Waals surface area contributed by atoms with Gasteiger partial charge in [-0.15, -0.1) is 0 Å². The van der Waals surface area contributed by atoms with E-state index in [0.717, 1.165) is 12.1 Å². The SMILES string of the molecule is COc1ccc(-c2cc(=O)c3c(O)cc(O)c(O[C@@H]4O[C@@H](CO)[C@@H](O)[C@H](O)[C@H]4OS(=O)(=O)O)c3o2)cc1. The Morgan fingerprint density at radius 3 is 2.30 bits per heavy atom. The fraction of sp³-hybridized carbons (Fsp3) is 0.318. The molecule has 2 heterocycles. The van der Waals surface area contributed by atoms with E-state index in [4.69, 9.17) is 23.2 Å². The van der Waals surface area contributed by atoms with E-state index in [-0.39, 0.29) is 5.76 Å². The molecule has 2 aromatic carbocycles. The second kappa shape index (κ2) is 10.1. The fourth-order valence-corrected chi connectivity index (χ4v) is 4.29. The van der Waals surface area contributed by atoms with Gasteiger partial charge in [0.2, 0.25) is 12.0 Å². The molecule has 4 rings (SSSR count). The third-order valence-corrected chi connectivity index (χ3v) is 6.05. The van der Waals surface area contributed by atoms with Crippen molar-refractivity contribution in [2.24, 2.45) is 0 Å². The maximum absolute atomic E-state index is 12.9. The molecule has 0 amide bonds. The number of ether oxygens (including phenoxy) is 3. The van der Waals surface area contributed by atoms with Crippen molar-refractivity contribution < 1.29 is 61.3 Å². The summed E-state index contributed by atoms with van der Waals surface area (Å²) in [6, 6.07) is 8.13. The highest BCUT2D eigenvalue weighted by Crippen LogP contribution is 2.42. The highest BCUT2D eigenvalue weighted by molar-refractivity contribution is 7.80. The largest absolute Gasteiger partial charge is 0.507 e. The summed E-state index contributed by atoms with van der Waals surface area (Å²) >= 11 is 0. The van der Waals surface area contributed by atoms with Gasteiger partial charge in [0.25, 0.3) is 0 Å². The quantitative estimate of drug-likeness (QED) is 0.214. The first-order chi connectivity index (χ1) is 17.4. The van der Waals surface area contributed by atoms with Crippen molar-refractivity contribution in [1.29, 1.82) is 0 Å². The van der Waals surface area contributed by atoms with Crippen LogP contribution in [0.5, 0.6) is 23.0 Å². The third kappa shape index (κ3) is 5.33. The van der Waals surface area contributed by atoms with Crippen molar-refractivity contribution in [2.45, 2.75) is 30.7 Å². The van der Waals surface area contributed by atoms with Crippen molar-refractivity contribution >= 4 is 21.4 Å². The minimum atomic E-state index is -5.22. The van der Waals surface area contributed by atoms with Crippen molar-refractivity contribution in [1.82, 2.24) is 0 Å². The zero-order valence-corrected chi connectivity index (χ0v) is 19.7. The number of aliphatic hydroxyl groups excluding tert-OH is 3. The predicted molar refractivity (Wildman–Crippen MR) is 123 cm³/mol. The lowest BCUT2D eigenvalue weighted by atomic mass is 9.99. The molecule has 0 spiro atoms. The first kappa shape index (κ1) is 26.6. The maximum atomic E-state index is 12.9. The van der Waals surface area contributed by atoms with Crippen LogP contribution in [0.2, 0.25) is 0 Å². The van der Waals surface area contributed by atoms with Crippen LogP contribution < -0.4 is 14.9 Å². The summed E-state index contributed by atoms with van der Waals surface area (Å²) in [6.07, 6.45) is -9.53. The monoisotopic (exact) mass is 542 g/mol. The number of hydrogen-bond acceptors (Lipinski definition) is 13. The molecule has 1 fully saturated rings. The summed E-state index contributed by atoms with van der Waals surface area (Å²) < 4.78 is 57.9. The van der Waals surface area contributed by atoms with Crippen molar-refractivity contribution in [3.63, 3.8) is 0 Å². The number of benzene rings is 2. The Balaban J connectivity index is 1.85. The number of fused-ring (bicyclic) bond motifs is 1. The Morgan fingerprint density at radius 2 is 1.70 bits per heavy atom. The summed E-state index contributed by atoms with van der Waals surface area (Å²) in [7, 11) is -3.76. The van der Waals surface area contributed by atoms with E-state index in [1.807, 2.05) is 0 Å². The number of methoxy groups -OCH3 is 1. The molecule has 6 N–H and O–H groups in total. The molecule has 0 saturated carbocycles. The van der Waals surface area contributed by atoms with Gasteiger partial charge in [0.05, 0.1) is 13.7 Å². The molecular formula is C22H22O14S. The number of aromatic hydroxyl groups is 2. The zero-order chi connectivity index (χ0) is 27.1. The van der Waals surface area contributed by atoms with Gasteiger partial charge in [0, 0.05) is 17.7 Å². The van der Waals surface area contributed by atoms with E-state index >= 15 is 0 Å². The first-order valence-corrected chi connectivity index (χ1v) is 11.9. The van der Waals surface area contributed by atoms with E-state index < -0.39 is 81.4 Å². The molecule has 15 heteroatoms. The second-order valence-corrected chi connectivity index (χ2v) is 9.01. The number of rotatable bonds is 7. The summed E-state index contributed by atoms with van der Waals surface area (Å²) in [4.78, 5) is 12.9. The molecule has 1 saturated heterocycles. The normalized spacial score (nSPS) is 24.2. The highest BCUT2D eigenvalue weighted by Gasteiger charge is 2.49. The van der Waals surface area contributed by atoms with E-state index in [1.165, 1.54) is 7.11 Å². The molecular weight excluding hydrogens is 520 g/mol. The summed E-state index contributed by atoms with van der Waals surface area (Å²) in [5, 5.41) is 50.3. The molecule has 0 aliphatic carbocycles. The van der Waals surface area contributed by atoms with Crippen molar-refractivity contribution in [3.05, 3.63) is 46.6 Å². The maximum Gasteiger partial charge on any atom is 0.397 e. The van der Waals surface area contributed by atoms with Gasteiger partial charge in [-0.1, -0.05) is 0 Å². The topological polar surface area (TPSA) is 223 Å². The van der Waals surface area contributed by atoms with Gasteiger partial charge in [-0.3, -0.25) is 9.35 Å². The van der Waals surface area contributed by atoms with Crippen molar-refractivity contribution in [3.8, 4) is 34.3 Å². The Labute approximate surface area is 208 Å². The van der Waals surface area contributed by atoms with E-state index in [2.05, 4.69) is 4.18 Å². The molecule has 0 bridgehead atoms. The lowest BCUT2D eigenvalue weighted by Crippen LogP contribution is -2.61. The lowest BCUT2D eigenvalue weighted by Gasteiger charge is -2.40. The summed E-state index contributed by atoms with van der Waals surface area (Å²) in [6.45, 7) is -0.851. The number of phenols is 2. The molecule has 5 atom stereocenters. The Bertz CT molecular complexity index is 1450.